The predicted octanol–water partition coefficient (Wildman–Crippen LogP) is 1.10. The summed E-state index contributed by atoms with van der Waals surface area (Å²) < 4.78 is 5.26. The van der Waals surface area contributed by atoms with E-state index in [0.717, 1.165) is 16.5 Å². The summed E-state index contributed by atoms with van der Waals surface area (Å²) >= 11 is 0. The van der Waals surface area contributed by atoms with Crippen LogP contribution >= 0.6 is 0 Å². The first-order valence-corrected chi connectivity index (χ1v) is 8.96. The van der Waals surface area contributed by atoms with Gasteiger partial charge in [0.05, 0.1) is 0 Å². The Morgan fingerprint density at radius 2 is 1.82 bits per heavy atom. The largest absolute Gasteiger partial charge is 0.444 e. The topological polar surface area (TPSA) is 138 Å². The second kappa shape index (κ2) is 8.75. The Balaban J connectivity index is 2.21. The van der Waals surface area contributed by atoms with Gasteiger partial charge in [-0.25, -0.2) is 10.6 Å². The molecule has 0 fully saturated rings. The lowest BCUT2D eigenvalue weighted by atomic mass is 10.0. The van der Waals surface area contributed by atoms with E-state index in [1.54, 1.807) is 27.0 Å². The summed E-state index contributed by atoms with van der Waals surface area (Å²) in [6, 6.07) is 5.84. The average molecular weight is 389 g/mol. The van der Waals surface area contributed by atoms with Crippen LogP contribution in [0.2, 0.25) is 0 Å². The summed E-state index contributed by atoms with van der Waals surface area (Å²) in [6.07, 6.45) is 1.28. The first-order valence-electron chi connectivity index (χ1n) is 8.96. The maximum absolute atomic E-state index is 12.7. The zero-order valence-electron chi connectivity index (χ0n) is 16.5. The fraction of sp³-hybridized carbons (Fsp3) is 0.421. The molecule has 0 spiro atoms. The van der Waals surface area contributed by atoms with Crippen LogP contribution in [-0.4, -0.2) is 40.6 Å². The van der Waals surface area contributed by atoms with E-state index in [4.69, 9.17) is 10.6 Å². The van der Waals surface area contributed by atoms with Gasteiger partial charge in [-0.05, 0) is 39.3 Å². The summed E-state index contributed by atoms with van der Waals surface area (Å²) in [7, 11) is 0. The van der Waals surface area contributed by atoms with E-state index >= 15 is 0 Å². The average Bonchev–Trinajstić information content (AvgIpc) is 3.01. The van der Waals surface area contributed by atoms with Gasteiger partial charge in [0.2, 0.25) is 5.91 Å². The summed E-state index contributed by atoms with van der Waals surface area (Å²) in [5.41, 5.74) is 3.04. The minimum absolute atomic E-state index is 0.214. The van der Waals surface area contributed by atoms with Crippen molar-refractivity contribution < 1.29 is 19.1 Å². The lowest BCUT2D eigenvalue weighted by molar-refractivity contribution is -0.129. The van der Waals surface area contributed by atoms with Crippen molar-refractivity contribution in [3.63, 3.8) is 0 Å². The Morgan fingerprint density at radius 3 is 2.46 bits per heavy atom. The molecule has 0 aliphatic heterocycles. The van der Waals surface area contributed by atoms with Crippen molar-refractivity contribution in [3.8, 4) is 0 Å². The highest BCUT2D eigenvalue weighted by atomic mass is 16.6. The Bertz CT molecular complexity index is 855. The van der Waals surface area contributed by atoms with E-state index in [1.807, 2.05) is 29.7 Å². The second-order valence-electron chi connectivity index (χ2n) is 7.50. The maximum atomic E-state index is 12.7. The molecular weight excluding hydrogens is 362 g/mol. The lowest BCUT2D eigenvalue weighted by Gasteiger charge is -2.24. The van der Waals surface area contributed by atoms with Crippen LogP contribution in [0.15, 0.2) is 30.5 Å². The number of rotatable bonds is 6. The van der Waals surface area contributed by atoms with Gasteiger partial charge in [-0.15, -0.1) is 0 Å². The molecule has 0 unspecified atom stereocenters. The molecule has 0 bridgehead atoms. The van der Waals surface area contributed by atoms with Crippen molar-refractivity contribution >= 4 is 28.8 Å². The minimum atomic E-state index is -0.943. The highest BCUT2D eigenvalue weighted by Crippen LogP contribution is 2.19. The number of hydrogen-bond acceptors (Lipinski definition) is 5. The van der Waals surface area contributed by atoms with Gasteiger partial charge >= 0.3 is 6.09 Å². The van der Waals surface area contributed by atoms with Gasteiger partial charge in [0, 0.05) is 23.5 Å². The predicted molar refractivity (Wildman–Crippen MR) is 105 cm³/mol. The molecule has 2 aromatic rings. The van der Waals surface area contributed by atoms with E-state index in [9.17, 15) is 14.4 Å². The molecular formula is C19H27N5O4. The van der Waals surface area contributed by atoms with Gasteiger partial charge < -0.3 is 20.4 Å². The number of ether oxygens (including phenoxy) is 1. The van der Waals surface area contributed by atoms with Gasteiger partial charge in [-0.1, -0.05) is 18.2 Å². The number of nitrogens with two attached hydrogens (primary N) is 1. The SMILES string of the molecule is C[C@H](NC(=O)[C@H](Cc1c[nH]c2ccccc12)NC(=O)OC(C)(C)C)C(=O)NN. The molecule has 0 saturated heterocycles. The van der Waals surface area contributed by atoms with E-state index in [2.05, 4.69) is 15.6 Å². The van der Waals surface area contributed by atoms with Crippen LogP contribution < -0.4 is 21.9 Å². The van der Waals surface area contributed by atoms with Crippen LogP contribution in [0.5, 0.6) is 0 Å². The monoisotopic (exact) mass is 389 g/mol. The fourth-order valence-electron chi connectivity index (χ4n) is 2.68. The van der Waals surface area contributed by atoms with Crippen LogP contribution in [0, 0.1) is 0 Å². The first kappa shape index (κ1) is 21.2. The Labute approximate surface area is 163 Å². The van der Waals surface area contributed by atoms with Crippen molar-refractivity contribution in [2.75, 3.05) is 0 Å². The number of carbonyl (C=O) groups is 3. The molecule has 9 nitrogen and oxygen atoms in total. The molecule has 1 heterocycles. The number of hydrogen-bond donors (Lipinski definition) is 5. The zero-order valence-corrected chi connectivity index (χ0v) is 16.5. The molecule has 0 saturated carbocycles. The molecule has 28 heavy (non-hydrogen) atoms. The number of para-hydroxylation sites is 1. The minimum Gasteiger partial charge on any atom is -0.444 e. The highest BCUT2D eigenvalue weighted by Gasteiger charge is 2.27. The van der Waals surface area contributed by atoms with Crippen LogP contribution in [0.4, 0.5) is 4.79 Å². The number of alkyl carbamates (subject to hydrolysis) is 1. The van der Waals surface area contributed by atoms with Gasteiger partial charge in [0.25, 0.3) is 5.91 Å². The number of amides is 3. The molecule has 0 radical (unpaired) electrons. The van der Waals surface area contributed by atoms with Gasteiger partial charge in [-0.2, -0.15) is 0 Å². The van der Waals surface area contributed by atoms with Crippen molar-refractivity contribution in [2.24, 2.45) is 5.84 Å². The molecule has 0 aliphatic carbocycles. The third-order valence-corrected chi connectivity index (χ3v) is 4.00. The Hall–Kier alpha value is -3.07. The van der Waals surface area contributed by atoms with E-state index < -0.39 is 35.6 Å². The van der Waals surface area contributed by atoms with Crippen molar-refractivity contribution in [2.45, 2.75) is 51.8 Å². The third kappa shape index (κ3) is 5.71. The third-order valence-electron chi connectivity index (χ3n) is 4.00. The van der Waals surface area contributed by atoms with Gasteiger partial charge in [0.1, 0.15) is 17.7 Å². The van der Waals surface area contributed by atoms with E-state index in [1.165, 1.54) is 6.92 Å². The number of fused-ring (bicyclic) bond motifs is 1. The normalized spacial score (nSPS) is 13.5. The number of hydrazine groups is 1. The van der Waals surface area contributed by atoms with E-state index in [-0.39, 0.29) is 6.42 Å². The Morgan fingerprint density at radius 1 is 1.14 bits per heavy atom. The number of nitrogens with one attached hydrogen (secondary N) is 4. The molecule has 2 rings (SSSR count). The maximum Gasteiger partial charge on any atom is 0.408 e. The Kier molecular flexibility index (Phi) is 6.63. The first-order chi connectivity index (χ1) is 13.1. The van der Waals surface area contributed by atoms with Crippen molar-refractivity contribution in [1.82, 2.24) is 21.0 Å². The van der Waals surface area contributed by atoms with Crippen molar-refractivity contribution in [3.05, 3.63) is 36.0 Å². The molecule has 3 amide bonds. The van der Waals surface area contributed by atoms with Crippen LogP contribution in [0.25, 0.3) is 10.9 Å². The molecule has 6 N–H and O–H groups in total. The molecule has 0 aliphatic rings. The molecule has 152 valence electrons. The van der Waals surface area contributed by atoms with Gasteiger partial charge in [-0.3, -0.25) is 15.0 Å². The summed E-state index contributed by atoms with van der Waals surface area (Å²) in [6.45, 7) is 6.69. The standard InChI is InChI=1S/C19H27N5O4/c1-11(16(25)24-20)22-17(26)15(23-18(27)28-19(2,3)4)9-12-10-21-14-8-6-5-7-13(12)14/h5-8,10-11,15,21H,9,20H2,1-4H3,(H,22,26)(H,23,27)(H,24,25)/t11-,15-/m0/s1. The van der Waals surface area contributed by atoms with Crippen LogP contribution in [0.3, 0.4) is 0 Å². The lowest BCUT2D eigenvalue weighted by Crippen LogP contribution is -2.54. The zero-order chi connectivity index (χ0) is 20.9. The number of aromatic nitrogens is 1. The molecule has 1 aromatic carbocycles. The summed E-state index contributed by atoms with van der Waals surface area (Å²) in [5.74, 6) is 4.04. The van der Waals surface area contributed by atoms with Crippen LogP contribution in [0.1, 0.15) is 33.3 Å². The number of H-pyrrole nitrogens is 1. The quantitative estimate of drug-likeness (QED) is 0.286. The number of aromatic amines is 1. The van der Waals surface area contributed by atoms with Crippen molar-refractivity contribution in [1.29, 1.82) is 0 Å². The summed E-state index contributed by atoms with van der Waals surface area (Å²) in [5, 5.41) is 6.08. The number of benzene rings is 1. The molecule has 9 heteroatoms. The number of carbonyl (C=O) groups excluding carboxylic acids is 3. The molecule has 2 atom stereocenters. The fourth-order valence-corrected chi connectivity index (χ4v) is 2.68. The molecule has 1 aromatic heterocycles. The second-order valence-corrected chi connectivity index (χ2v) is 7.50. The highest BCUT2D eigenvalue weighted by molar-refractivity contribution is 5.92. The summed E-state index contributed by atoms with van der Waals surface area (Å²) in [4.78, 5) is 39.7. The van der Waals surface area contributed by atoms with E-state index in [0.29, 0.717) is 0 Å². The van der Waals surface area contributed by atoms with Crippen LogP contribution in [-0.2, 0) is 20.7 Å². The smallest absolute Gasteiger partial charge is 0.408 e. The van der Waals surface area contributed by atoms with Gasteiger partial charge in [0.15, 0.2) is 0 Å².